The molecule has 0 bridgehead atoms. The summed E-state index contributed by atoms with van der Waals surface area (Å²) >= 11 is 1.26. The third kappa shape index (κ3) is 6.02. The number of carbonyl (C=O) groups is 1. The number of halogens is 3. The fourth-order valence-corrected chi connectivity index (χ4v) is 4.52. The molecule has 3 rings (SSSR count). The average Bonchev–Trinajstić information content (AvgIpc) is 3.08. The van der Waals surface area contributed by atoms with Gasteiger partial charge in [-0.15, -0.1) is 11.3 Å². The molecule has 1 aliphatic carbocycles. The highest BCUT2D eigenvalue weighted by Gasteiger charge is 2.31. The van der Waals surface area contributed by atoms with Crippen LogP contribution in [0.25, 0.3) is 0 Å². The first-order chi connectivity index (χ1) is 13.8. The Hall–Kier alpha value is -1.93. The summed E-state index contributed by atoms with van der Waals surface area (Å²) in [6, 6.07) is 5.24. The monoisotopic (exact) mass is 425 g/mol. The molecule has 1 fully saturated rings. The van der Waals surface area contributed by atoms with Gasteiger partial charge in [0.25, 0.3) is 0 Å². The van der Waals surface area contributed by atoms with E-state index in [1.807, 2.05) is 5.38 Å². The zero-order valence-corrected chi connectivity index (χ0v) is 17.3. The molecule has 1 N–H and O–H groups in total. The highest BCUT2D eigenvalue weighted by atomic mass is 32.1. The van der Waals surface area contributed by atoms with Gasteiger partial charge in [-0.2, -0.15) is 13.2 Å². The minimum atomic E-state index is -4.46. The molecule has 0 aliphatic heterocycles. The summed E-state index contributed by atoms with van der Waals surface area (Å²) in [4.78, 5) is 17.9. The van der Waals surface area contributed by atoms with Crippen LogP contribution >= 0.6 is 11.3 Å². The van der Waals surface area contributed by atoms with Gasteiger partial charge in [0, 0.05) is 24.9 Å². The fraction of sp³-hybridized carbons (Fsp3) is 0.524. The van der Waals surface area contributed by atoms with Gasteiger partial charge in [0.2, 0.25) is 5.91 Å². The second-order valence-electron chi connectivity index (χ2n) is 7.45. The molecule has 1 aromatic heterocycles. The number of alkyl halides is 3. The van der Waals surface area contributed by atoms with Crippen LogP contribution in [-0.4, -0.2) is 16.9 Å². The molecule has 2 aromatic rings. The van der Waals surface area contributed by atoms with Gasteiger partial charge in [-0.1, -0.05) is 38.2 Å². The van der Waals surface area contributed by atoms with Crippen molar-refractivity contribution in [3.63, 3.8) is 0 Å². The molecular weight excluding hydrogens is 399 g/mol. The number of hydrogen-bond acceptors (Lipinski definition) is 4. The Kier molecular flexibility index (Phi) is 7.29. The second-order valence-corrected chi connectivity index (χ2v) is 8.28. The molecule has 0 unspecified atom stereocenters. The lowest BCUT2D eigenvalue weighted by molar-refractivity contribution is -0.137. The maximum Gasteiger partial charge on any atom is 0.416 e. The van der Waals surface area contributed by atoms with Crippen molar-refractivity contribution in [1.29, 1.82) is 0 Å². The van der Waals surface area contributed by atoms with Gasteiger partial charge >= 0.3 is 6.18 Å². The summed E-state index contributed by atoms with van der Waals surface area (Å²) < 4.78 is 39.1. The Bertz CT molecular complexity index is 813. The molecule has 1 saturated carbocycles. The van der Waals surface area contributed by atoms with Crippen molar-refractivity contribution in [2.24, 2.45) is 0 Å². The van der Waals surface area contributed by atoms with Crippen molar-refractivity contribution in [1.82, 2.24) is 10.3 Å². The van der Waals surface area contributed by atoms with Crippen LogP contribution in [0.2, 0.25) is 0 Å². The smallest absolute Gasteiger partial charge is 0.308 e. The topological polar surface area (TPSA) is 45.2 Å². The highest BCUT2D eigenvalue weighted by molar-refractivity contribution is 7.14. The number of carbonyl (C=O) groups excluding carboxylic acids is 1. The van der Waals surface area contributed by atoms with Gasteiger partial charge in [0.05, 0.1) is 16.9 Å². The largest absolute Gasteiger partial charge is 0.416 e. The van der Waals surface area contributed by atoms with Gasteiger partial charge in [-0.05, 0) is 31.0 Å². The standard InChI is InChI=1S/C21H26F3N3OS/c1-15(28)27(19-11-7-8-16(12-19)21(22,23)24)20-26-18(14-29-20)13-25-17-9-5-3-2-4-6-10-17/h7-8,11-12,14,17,25H,2-6,9-10,13H2,1H3. The number of thiazole rings is 1. The summed E-state index contributed by atoms with van der Waals surface area (Å²) in [6.07, 6.45) is 4.18. The lowest BCUT2D eigenvalue weighted by atomic mass is 9.97. The molecule has 1 heterocycles. The Morgan fingerprint density at radius 3 is 2.55 bits per heavy atom. The van der Waals surface area contributed by atoms with Crippen molar-refractivity contribution in [2.45, 2.75) is 70.6 Å². The van der Waals surface area contributed by atoms with Crippen LogP contribution in [0.15, 0.2) is 29.6 Å². The number of benzene rings is 1. The van der Waals surface area contributed by atoms with Crippen LogP contribution in [-0.2, 0) is 17.5 Å². The maximum atomic E-state index is 13.0. The van der Waals surface area contributed by atoms with Crippen LogP contribution < -0.4 is 10.2 Å². The minimum absolute atomic E-state index is 0.168. The van der Waals surface area contributed by atoms with Crippen molar-refractivity contribution >= 4 is 28.1 Å². The quantitative estimate of drug-likeness (QED) is 0.634. The third-order valence-corrected chi connectivity index (χ3v) is 6.03. The van der Waals surface area contributed by atoms with Crippen LogP contribution in [0, 0.1) is 0 Å². The molecule has 1 aliphatic rings. The summed E-state index contributed by atoms with van der Waals surface area (Å²) in [7, 11) is 0. The third-order valence-electron chi connectivity index (χ3n) is 5.15. The summed E-state index contributed by atoms with van der Waals surface area (Å²) in [5, 5.41) is 5.78. The Morgan fingerprint density at radius 1 is 1.21 bits per heavy atom. The van der Waals surface area contributed by atoms with E-state index in [2.05, 4.69) is 10.3 Å². The van der Waals surface area contributed by atoms with E-state index >= 15 is 0 Å². The van der Waals surface area contributed by atoms with Crippen molar-refractivity contribution in [3.8, 4) is 0 Å². The van der Waals surface area contributed by atoms with E-state index in [0.717, 1.165) is 30.7 Å². The number of hydrogen-bond donors (Lipinski definition) is 1. The number of aromatic nitrogens is 1. The number of anilines is 2. The summed E-state index contributed by atoms with van der Waals surface area (Å²) in [5.74, 6) is -0.377. The van der Waals surface area contributed by atoms with Gasteiger partial charge in [0.1, 0.15) is 0 Å². The first-order valence-corrected chi connectivity index (χ1v) is 10.9. The lowest BCUT2D eigenvalue weighted by Gasteiger charge is -2.21. The first-order valence-electron chi connectivity index (χ1n) is 10.0. The summed E-state index contributed by atoms with van der Waals surface area (Å²) in [6.45, 7) is 1.92. The molecule has 158 valence electrons. The lowest BCUT2D eigenvalue weighted by Crippen LogP contribution is -2.29. The Morgan fingerprint density at radius 2 is 1.90 bits per heavy atom. The van der Waals surface area contributed by atoms with E-state index in [1.54, 1.807) is 0 Å². The van der Waals surface area contributed by atoms with E-state index in [-0.39, 0.29) is 11.6 Å². The van der Waals surface area contributed by atoms with Crippen molar-refractivity contribution in [2.75, 3.05) is 4.90 Å². The van der Waals surface area contributed by atoms with E-state index in [1.165, 1.54) is 67.4 Å². The Balaban J connectivity index is 1.71. The van der Waals surface area contributed by atoms with Gasteiger partial charge < -0.3 is 5.32 Å². The van der Waals surface area contributed by atoms with E-state index in [9.17, 15) is 18.0 Å². The van der Waals surface area contributed by atoms with Crippen molar-refractivity contribution < 1.29 is 18.0 Å². The van der Waals surface area contributed by atoms with Gasteiger partial charge in [-0.25, -0.2) is 4.98 Å². The molecule has 4 nitrogen and oxygen atoms in total. The fourth-order valence-electron chi connectivity index (χ4n) is 3.64. The van der Waals surface area contributed by atoms with Gasteiger partial charge in [0.15, 0.2) is 5.13 Å². The SMILES string of the molecule is CC(=O)N(c1cccc(C(F)(F)F)c1)c1nc(CNC2CCCCCCC2)cs1. The van der Waals surface area contributed by atoms with Crippen LogP contribution in [0.1, 0.15) is 63.1 Å². The Labute approximate surface area is 173 Å². The van der Waals surface area contributed by atoms with E-state index in [0.29, 0.717) is 17.7 Å². The molecular formula is C21H26F3N3OS. The number of nitrogens with zero attached hydrogens (tertiary/aromatic N) is 2. The average molecular weight is 426 g/mol. The predicted molar refractivity (Wildman–Crippen MR) is 109 cm³/mol. The molecule has 0 radical (unpaired) electrons. The zero-order valence-electron chi connectivity index (χ0n) is 16.5. The molecule has 1 amide bonds. The molecule has 0 atom stereocenters. The van der Waals surface area contributed by atoms with E-state index < -0.39 is 11.7 Å². The zero-order chi connectivity index (χ0) is 20.9. The maximum absolute atomic E-state index is 13.0. The number of amides is 1. The first kappa shape index (κ1) is 21.8. The molecule has 0 saturated heterocycles. The van der Waals surface area contributed by atoms with E-state index in [4.69, 9.17) is 0 Å². The van der Waals surface area contributed by atoms with Crippen LogP contribution in [0.5, 0.6) is 0 Å². The normalized spacial score (nSPS) is 16.3. The molecule has 29 heavy (non-hydrogen) atoms. The van der Waals surface area contributed by atoms with Crippen LogP contribution in [0.4, 0.5) is 24.0 Å². The predicted octanol–water partition coefficient (Wildman–Crippen LogP) is 6.05. The second kappa shape index (κ2) is 9.71. The summed E-state index contributed by atoms with van der Waals surface area (Å²) in [5.41, 5.74) is 0.176. The minimum Gasteiger partial charge on any atom is -0.308 e. The number of nitrogens with one attached hydrogen (secondary N) is 1. The molecule has 8 heteroatoms. The highest BCUT2D eigenvalue weighted by Crippen LogP contribution is 2.35. The molecule has 0 spiro atoms. The molecule has 1 aromatic carbocycles. The van der Waals surface area contributed by atoms with Crippen LogP contribution in [0.3, 0.4) is 0 Å². The number of rotatable bonds is 5. The van der Waals surface area contributed by atoms with Gasteiger partial charge in [-0.3, -0.25) is 9.69 Å². The van der Waals surface area contributed by atoms with Crippen molar-refractivity contribution in [3.05, 3.63) is 40.9 Å².